The fraction of sp³-hybridized carbons (Fsp3) is 0.138. The summed E-state index contributed by atoms with van der Waals surface area (Å²) in [4.78, 5) is 21.6. The second-order valence-corrected chi connectivity index (χ2v) is 9.57. The number of aromatic nitrogens is 3. The number of pyridine rings is 1. The van der Waals surface area contributed by atoms with E-state index in [9.17, 15) is 9.18 Å². The molecule has 5 aromatic rings. The van der Waals surface area contributed by atoms with Gasteiger partial charge in [0.25, 0.3) is 5.91 Å². The normalized spacial score (nSPS) is 11.1. The number of hydrogen-bond acceptors (Lipinski definition) is 4. The molecular formula is C29H25FN4OS. The molecule has 0 aliphatic carbocycles. The van der Waals surface area contributed by atoms with E-state index in [4.69, 9.17) is 4.98 Å². The number of thioether (sulfide) groups is 1. The standard InChI is InChI=1S/C29H25FN4OS/c1-20-4-2-5-22(14-20)16-32-28(35)24-10-8-21(9-11-24)19-36-29-33-26-12-13-31-17-27(26)34(29)18-23-6-3-7-25(30)15-23/h2-15,17H,16,18-19H2,1H3,(H,32,35). The van der Waals surface area contributed by atoms with E-state index in [1.54, 1.807) is 36.3 Å². The number of nitrogens with one attached hydrogen (secondary N) is 1. The van der Waals surface area contributed by atoms with E-state index >= 15 is 0 Å². The maximum absolute atomic E-state index is 13.7. The molecule has 0 aliphatic heterocycles. The lowest BCUT2D eigenvalue weighted by atomic mass is 10.1. The fourth-order valence-corrected chi connectivity index (χ4v) is 5.01. The van der Waals surface area contributed by atoms with Crippen molar-refractivity contribution in [1.82, 2.24) is 19.9 Å². The molecule has 36 heavy (non-hydrogen) atoms. The highest BCUT2D eigenvalue weighted by molar-refractivity contribution is 7.98. The number of nitrogens with zero attached hydrogens (tertiary/aromatic N) is 3. The van der Waals surface area contributed by atoms with Crippen LogP contribution in [0.4, 0.5) is 4.39 Å². The Kier molecular flexibility index (Phi) is 7.09. The first-order valence-corrected chi connectivity index (χ1v) is 12.6. The van der Waals surface area contributed by atoms with E-state index in [0.717, 1.165) is 32.9 Å². The van der Waals surface area contributed by atoms with Crippen molar-refractivity contribution >= 4 is 28.7 Å². The molecule has 0 aliphatic rings. The third kappa shape index (κ3) is 5.63. The van der Waals surface area contributed by atoms with E-state index in [1.807, 2.05) is 61.5 Å². The van der Waals surface area contributed by atoms with Crippen LogP contribution in [0, 0.1) is 12.7 Å². The van der Waals surface area contributed by atoms with Crippen molar-refractivity contribution in [3.8, 4) is 0 Å². The van der Waals surface area contributed by atoms with Crippen LogP contribution in [0.2, 0.25) is 0 Å². The Morgan fingerprint density at radius 3 is 2.58 bits per heavy atom. The Labute approximate surface area is 213 Å². The van der Waals surface area contributed by atoms with E-state index in [0.29, 0.717) is 24.4 Å². The van der Waals surface area contributed by atoms with Crippen molar-refractivity contribution in [2.45, 2.75) is 30.9 Å². The van der Waals surface area contributed by atoms with Gasteiger partial charge in [0.05, 0.1) is 23.8 Å². The van der Waals surface area contributed by atoms with Gasteiger partial charge in [-0.15, -0.1) is 0 Å². The van der Waals surface area contributed by atoms with Gasteiger partial charge in [0, 0.05) is 24.1 Å². The second kappa shape index (κ2) is 10.7. The number of hydrogen-bond donors (Lipinski definition) is 1. The van der Waals surface area contributed by atoms with Gasteiger partial charge in [0.15, 0.2) is 5.16 Å². The molecule has 0 radical (unpaired) electrons. The SMILES string of the molecule is Cc1cccc(CNC(=O)c2ccc(CSc3nc4ccncc4n3Cc3cccc(F)c3)cc2)c1. The Bertz CT molecular complexity index is 1510. The first-order chi connectivity index (χ1) is 17.5. The number of carbonyl (C=O) groups is 1. The summed E-state index contributed by atoms with van der Waals surface area (Å²) in [6.45, 7) is 3.03. The van der Waals surface area contributed by atoms with Gasteiger partial charge in [-0.3, -0.25) is 9.78 Å². The molecule has 1 amide bonds. The summed E-state index contributed by atoms with van der Waals surface area (Å²) in [5, 5.41) is 3.81. The number of fused-ring (bicyclic) bond motifs is 1. The van der Waals surface area contributed by atoms with Crippen LogP contribution < -0.4 is 5.32 Å². The maximum Gasteiger partial charge on any atom is 0.251 e. The molecule has 2 aromatic heterocycles. The van der Waals surface area contributed by atoms with Crippen molar-refractivity contribution in [3.05, 3.63) is 125 Å². The van der Waals surface area contributed by atoms with Crippen LogP contribution in [0.15, 0.2) is 96.4 Å². The zero-order valence-electron chi connectivity index (χ0n) is 19.8. The van der Waals surface area contributed by atoms with Gasteiger partial charge in [-0.2, -0.15) is 0 Å². The molecular weight excluding hydrogens is 471 g/mol. The third-order valence-corrected chi connectivity index (χ3v) is 6.91. The molecule has 0 saturated carbocycles. The molecule has 0 bridgehead atoms. The molecule has 2 heterocycles. The second-order valence-electron chi connectivity index (χ2n) is 8.63. The minimum absolute atomic E-state index is 0.0971. The van der Waals surface area contributed by atoms with Gasteiger partial charge < -0.3 is 9.88 Å². The average molecular weight is 497 g/mol. The van der Waals surface area contributed by atoms with Crippen LogP contribution >= 0.6 is 11.8 Å². The molecule has 0 spiro atoms. The highest BCUT2D eigenvalue weighted by atomic mass is 32.2. The van der Waals surface area contributed by atoms with Gasteiger partial charge in [-0.1, -0.05) is 65.9 Å². The van der Waals surface area contributed by atoms with E-state index in [1.165, 1.54) is 11.6 Å². The first kappa shape index (κ1) is 23.8. The molecule has 0 saturated heterocycles. The number of benzene rings is 3. The van der Waals surface area contributed by atoms with Crippen molar-refractivity contribution in [1.29, 1.82) is 0 Å². The van der Waals surface area contributed by atoms with Crippen LogP contribution in [0.3, 0.4) is 0 Å². The largest absolute Gasteiger partial charge is 0.348 e. The van der Waals surface area contributed by atoms with Gasteiger partial charge in [-0.25, -0.2) is 9.37 Å². The Hall–Kier alpha value is -3.97. The summed E-state index contributed by atoms with van der Waals surface area (Å²) in [6.07, 6.45) is 3.51. The smallest absolute Gasteiger partial charge is 0.251 e. The Morgan fingerprint density at radius 1 is 0.972 bits per heavy atom. The van der Waals surface area contributed by atoms with Crippen LogP contribution in [0.1, 0.15) is 32.6 Å². The van der Waals surface area contributed by atoms with Gasteiger partial charge >= 0.3 is 0 Å². The van der Waals surface area contributed by atoms with Crippen LogP contribution in [-0.2, 0) is 18.8 Å². The van der Waals surface area contributed by atoms with Crippen LogP contribution in [0.25, 0.3) is 11.0 Å². The number of imidazole rings is 1. The quantitative estimate of drug-likeness (QED) is 0.262. The highest BCUT2D eigenvalue weighted by Crippen LogP contribution is 2.27. The number of carbonyl (C=O) groups excluding carboxylic acids is 1. The number of halogens is 1. The maximum atomic E-state index is 13.7. The van der Waals surface area contributed by atoms with Crippen molar-refractivity contribution < 1.29 is 9.18 Å². The summed E-state index contributed by atoms with van der Waals surface area (Å²) >= 11 is 1.60. The van der Waals surface area contributed by atoms with E-state index < -0.39 is 0 Å². The number of aryl methyl sites for hydroxylation is 1. The molecule has 0 atom stereocenters. The average Bonchev–Trinajstić information content (AvgIpc) is 3.23. The molecule has 5 nitrogen and oxygen atoms in total. The number of amides is 1. The molecule has 180 valence electrons. The Balaban J connectivity index is 1.26. The summed E-state index contributed by atoms with van der Waals surface area (Å²) in [6, 6.07) is 24.2. The van der Waals surface area contributed by atoms with Crippen molar-refractivity contribution in [3.63, 3.8) is 0 Å². The van der Waals surface area contributed by atoms with Gasteiger partial charge in [0.1, 0.15) is 5.82 Å². The molecule has 3 aromatic carbocycles. The summed E-state index contributed by atoms with van der Waals surface area (Å²) < 4.78 is 15.8. The minimum atomic E-state index is -0.257. The predicted molar refractivity (Wildman–Crippen MR) is 141 cm³/mol. The topological polar surface area (TPSA) is 59.8 Å². The lowest BCUT2D eigenvalue weighted by molar-refractivity contribution is 0.0951. The molecule has 7 heteroatoms. The lowest BCUT2D eigenvalue weighted by Crippen LogP contribution is -2.22. The monoisotopic (exact) mass is 496 g/mol. The Morgan fingerprint density at radius 2 is 1.78 bits per heavy atom. The van der Waals surface area contributed by atoms with E-state index in [-0.39, 0.29) is 11.7 Å². The zero-order valence-corrected chi connectivity index (χ0v) is 20.6. The summed E-state index contributed by atoms with van der Waals surface area (Å²) in [5.74, 6) is 0.331. The van der Waals surface area contributed by atoms with Crippen molar-refractivity contribution in [2.75, 3.05) is 0 Å². The summed E-state index contributed by atoms with van der Waals surface area (Å²) in [7, 11) is 0. The summed E-state index contributed by atoms with van der Waals surface area (Å²) in [5.41, 5.74) is 6.58. The molecule has 0 fully saturated rings. The number of rotatable bonds is 8. The molecule has 5 rings (SSSR count). The minimum Gasteiger partial charge on any atom is -0.348 e. The first-order valence-electron chi connectivity index (χ1n) is 11.7. The lowest BCUT2D eigenvalue weighted by Gasteiger charge is -2.10. The fourth-order valence-electron chi connectivity index (χ4n) is 4.04. The van der Waals surface area contributed by atoms with Gasteiger partial charge in [0.2, 0.25) is 0 Å². The zero-order chi connectivity index (χ0) is 24.9. The predicted octanol–water partition coefficient (Wildman–Crippen LogP) is 6.15. The van der Waals surface area contributed by atoms with E-state index in [2.05, 4.69) is 20.9 Å². The molecule has 0 unspecified atom stereocenters. The highest BCUT2D eigenvalue weighted by Gasteiger charge is 2.13. The van der Waals surface area contributed by atoms with Crippen LogP contribution in [-0.4, -0.2) is 20.4 Å². The molecule has 1 N–H and O–H groups in total. The van der Waals surface area contributed by atoms with Crippen LogP contribution in [0.5, 0.6) is 0 Å². The van der Waals surface area contributed by atoms with Gasteiger partial charge in [-0.05, 0) is 53.9 Å². The van der Waals surface area contributed by atoms with Crippen molar-refractivity contribution in [2.24, 2.45) is 0 Å². The third-order valence-electron chi connectivity index (χ3n) is 5.86.